The van der Waals surface area contributed by atoms with Crippen LogP contribution >= 0.6 is 0 Å². The molecule has 76 valence electrons. The van der Waals surface area contributed by atoms with Crippen LogP contribution in [0.4, 0.5) is 0 Å². The summed E-state index contributed by atoms with van der Waals surface area (Å²) in [5, 5.41) is 8.89. The highest BCUT2D eigenvalue weighted by molar-refractivity contribution is 5.89. The van der Waals surface area contributed by atoms with E-state index in [2.05, 4.69) is 0 Å². The lowest BCUT2D eigenvalue weighted by atomic mass is 10.0. The number of carboxylic acid groups (broad SMARTS) is 1. The predicted molar refractivity (Wildman–Crippen MR) is 53.6 cm³/mol. The van der Waals surface area contributed by atoms with E-state index in [4.69, 9.17) is 9.84 Å². The molecule has 1 aromatic rings. The van der Waals surface area contributed by atoms with E-state index in [1.807, 2.05) is 12.1 Å². The molecule has 0 saturated heterocycles. The molecule has 3 heteroatoms. The van der Waals surface area contributed by atoms with Gasteiger partial charge in [0, 0.05) is 13.7 Å². The molecule has 0 bridgehead atoms. The third kappa shape index (κ3) is 2.85. The lowest BCUT2D eigenvalue weighted by molar-refractivity contribution is 0.0695. The molecule has 0 saturated carbocycles. The van der Waals surface area contributed by atoms with Gasteiger partial charge in [0.05, 0.1) is 5.56 Å². The van der Waals surface area contributed by atoms with E-state index in [1.54, 1.807) is 19.2 Å². The predicted octanol–water partition coefficient (Wildman–Crippen LogP) is 1.96. The molecule has 14 heavy (non-hydrogen) atoms. The van der Waals surface area contributed by atoms with Crippen LogP contribution in [0.15, 0.2) is 24.3 Å². The molecule has 0 aliphatic carbocycles. The van der Waals surface area contributed by atoms with Gasteiger partial charge in [-0.05, 0) is 24.5 Å². The summed E-state index contributed by atoms with van der Waals surface area (Å²) in [6, 6.07) is 7.07. The van der Waals surface area contributed by atoms with Crippen molar-refractivity contribution in [2.75, 3.05) is 13.7 Å². The number of carboxylic acids is 1. The molecule has 0 aromatic heterocycles. The summed E-state index contributed by atoms with van der Waals surface area (Å²) in [6.07, 6.45) is 1.59. The second-order valence-corrected chi connectivity index (χ2v) is 3.06. The van der Waals surface area contributed by atoms with Gasteiger partial charge >= 0.3 is 5.97 Å². The topological polar surface area (TPSA) is 46.5 Å². The van der Waals surface area contributed by atoms with Crippen molar-refractivity contribution in [3.63, 3.8) is 0 Å². The van der Waals surface area contributed by atoms with Gasteiger partial charge in [0.15, 0.2) is 0 Å². The van der Waals surface area contributed by atoms with Crippen LogP contribution in [0.5, 0.6) is 0 Å². The molecule has 0 spiro atoms. The first-order valence-corrected chi connectivity index (χ1v) is 4.56. The molecule has 0 aliphatic heterocycles. The minimum Gasteiger partial charge on any atom is -0.478 e. The second kappa shape index (κ2) is 5.40. The Bertz CT molecular complexity index is 307. The Morgan fingerprint density at radius 3 is 2.79 bits per heavy atom. The fourth-order valence-electron chi connectivity index (χ4n) is 1.35. The molecule has 0 heterocycles. The van der Waals surface area contributed by atoms with Crippen LogP contribution in [0.2, 0.25) is 0 Å². The zero-order chi connectivity index (χ0) is 10.4. The van der Waals surface area contributed by atoms with Gasteiger partial charge in [-0.25, -0.2) is 4.79 Å². The van der Waals surface area contributed by atoms with E-state index in [-0.39, 0.29) is 0 Å². The maximum Gasteiger partial charge on any atom is 0.335 e. The molecule has 0 fully saturated rings. The minimum absolute atomic E-state index is 0.392. The molecule has 1 N–H and O–H groups in total. The van der Waals surface area contributed by atoms with Crippen molar-refractivity contribution in [3.05, 3.63) is 35.4 Å². The van der Waals surface area contributed by atoms with E-state index in [9.17, 15) is 4.79 Å². The van der Waals surface area contributed by atoms with E-state index < -0.39 is 5.97 Å². The van der Waals surface area contributed by atoms with Crippen molar-refractivity contribution in [2.45, 2.75) is 12.8 Å². The number of aryl methyl sites for hydroxylation is 1. The third-order valence-corrected chi connectivity index (χ3v) is 2.04. The number of carbonyl (C=O) groups is 1. The summed E-state index contributed by atoms with van der Waals surface area (Å²) in [5.41, 5.74) is 1.26. The molecule has 0 aliphatic rings. The Morgan fingerprint density at radius 2 is 2.14 bits per heavy atom. The normalized spacial score (nSPS) is 10.1. The second-order valence-electron chi connectivity index (χ2n) is 3.06. The van der Waals surface area contributed by atoms with Crippen molar-refractivity contribution in [2.24, 2.45) is 0 Å². The number of rotatable bonds is 5. The summed E-state index contributed by atoms with van der Waals surface area (Å²) in [7, 11) is 1.64. The summed E-state index contributed by atoms with van der Waals surface area (Å²) < 4.78 is 4.92. The van der Waals surface area contributed by atoms with Crippen molar-refractivity contribution in [3.8, 4) is 0 Å². The van der Waals surface area contributed by atoms with Gasteiger partial charge in [-0.2, -0.15) is 0 Å². The summed E-state index contributed by atoms with van der Waals surface area (Å²) in [5.74, 6) is -0.863. The molecule has 1 rings (SSSR count). The van der Waals surface area contributed by atoms with Crippen molar-refractivity contribution >= 4 is 5.97 Å². The van der Waals surface area contributed by atoms with Crippen LogP contribution in [0.25, 0.3) is 0 Å². The highest BCUT2D eigenvalue weighted by Gasteiger charge is 2.07. The molecular weight excluding hydrogens is 180 g/mol. The number of aromatic carboxylic acids is 1. The highest BCUT2D eigenvalue weighted by Crippen LogP contribution is 2.10. The van der Waals surface area contributed by atoms with Crippen LogP contribution in [-0.2, 0) is 11.2 Å². The number of hydrogen-bond donors (Lipinski definition) is 1. The monoisotopic (exact) mass is 194 g/mol. The van der Waals surface area contributed by atoms with Crippen LogP contribution in [0.3, 0.4) is 0 Å². The lowest BCUT2D eigenvalue weighted by Crippen LogP contribution is -2.03. The number of benzene rings is 1. The molecule has 0 amide bonds. The van der Waals surface area contributed by atoms with Gasteiger partial charge in [0.1, 0.15) is 0 Å². The Hall–Kier alpha value is -1.35. The van der Waals surface area contributed by atoms with Crippen LogP contribution in [-0.4, -0.2) is 24.8 Å². The largest absolute Gasteiger partial charge is 0.478 e. The minimum atomic E-state index is -0.863. The van der Waals surface area contributed by atoms with E-state index in [1.165, 1.54) is 0 Å². The van der Waals surface area contributed by atoms with Crippen molar-refractivity contribution in [1.82, 2.24) is 0 Å². The molecule has 0 atom stereocenters. The highest BCUT2D eigenvalue weighted by atomic mass is 16.5. The maximum absolute atomic E-state index is 10.8. The Labute approximate surface area is 83.3 Å². The number of ether oxygens (including phenoxy) is 1. The average molecular weight is 194 g/mol. The molecule has 3 nitrogen and oxygen atoms in total. The van der Waals surface area contributed by atoms with Gasteiger partial charge < -0.3 is 9.84 Å². The molecule has 0 unspecified atom stereocenters. The van der Waals surface area contributed by atoms with Crippen molar-refractivity contribution < 1.29 is 14.6 Å². The molecule has 1 aromatic carbocycles. The Balaban J connectivity index is 2.69. The average Bonchev–Trinajstić information content (AvgIpc) is 2.19. The fourth-order valence-corrected chi connectivity index (χ4v) is 1.35. The third-order valence-electron chi connectivity index (χ3n) is 2.04. The van der Waals surface area contributed by atoms with Gasteiger partial charge in [0.25, 0.3) is 0 Å². The van der Waals surface area contributed by atoms with E-state index >= 15 is 0 Å². The van der Waals surface area contributed by atoms with Gasteiger partial charge in [-0.15, -0.1) is 0 Å². The number of methoxy groups -OCH3 is 1. The summed E-state index contributed by atoms with van der Waals surface area (Å²) in [4.78, 5) is 10.8. The molecular formula is C11H14O3. The van der Waals surface area contributed by atoms with Gasteiger partial charge in [-0.1, -0.05) is 18.2 Å². The van der Waals surface area contributed by atoms with Gasteiger partial charge in [-0.3, -0.25) is 0 Å². The zero-order valence-corrected chi connectivity index (χ0v) is 8.19. The first-order valence-electron chi connectivity index (χ1n) is 4.56. The number of hydrogen-bond acceptors (Lipinski definition) is 2. The quantitative estimate of drug-likeness (QED) is 0.729. The van der Waals surface area contributed by atoms with Crippen LogP contribution in [0.1, 0.15) is 22.3 Å². The zero-order valence-electron chi connectivity index (χ0n) is 8.19. The molecule has 0 radical (unpaired) electrons. The summed E-state index contributed by atoms with van der Waals surface area (Å²) >= 11 is 0. The summed E-state index contributed by atoms with van der Waals surface area (Å²) in [6.45, 7) is 0.661. The van der Waals surface area contributed by atoms with Crippen molar-refractivity contribution in [1.29, 1.82) is 0 Å². The maximum atomic E-state index is 10.8. The Kier molecular flexibility index (Phi) is 4.13. The van der Waals surface area contributed by atoms with Crippen LogP contribution in [0, 0.1) is 0 Å². The van der Waals surface area contributed by atoms with Gasteiger partial charge in [0.2, 0.25) is 0 Å². The first-order chi connectivity index (χ1) is 6.75. The standard InChI is InChI=1S/C11H14O3/c1-14-8-4-6-9-5-2-3-7-10(9)11(12)13/h2-3,5,7H,4,6,8H2,1H3,(H,12,13). The SMILES string of the molecule is COCCCc1ccccc1C(=O)O. The fraction of sp³-hybridized carbons (Fsp3) is 0.364. The van der Waals surface area contributed by atoms with E-state index in [0.717, 1.165) is 18.4 Å². The Morgan fingerprint density at radius 1 is 1.43 bits per heavy atom. The smallest absolute Gasteiger partial charge is 0.335 e. The lowest BCUT2D eigenvalue weighted by Gasteiger charge is -2.04. The van der Waals surface area contributed by atoms with Crippen LogP contribution < -0.4 is 0 Å². The first kappa shape index (κ1) is 10.7. The van der Waals surface area contributed by atoms with E-state index in [0.29, 0.717) is 12.2 Å².